The Balaban J connectivity index is 1.94. The molecule has 4 heteroatoms. The fraction of sp³-hybridized carbons (Fsp3) is 0.800. The topological polar surface area (TPSA) is 38.9 Å². The zero-order chi connectivity index (χ0) is 9.97. The predicted molar refractivity (Wildman–Crippen MR) is 54.2 cm³/mol. The van der Waals surface area contributed by atoms with Crippen LogP contribution in [0.4, 0.5) is 0 Å². The van der Waals surface area contributed by atoms with Gasteiger partial charge in [-0.25, -0.2) is 0 Å². The molecule has 0 saturated heterocycles. The van der Waals surface area contributed by atoms with E-state index in [1.165, 1.54) is 19.3 Å². The van der Waals surface area contributed by atoms with Crippen LogP contribution in [0, 0.1) is 5.92 Å². The molecule has 14 heavy (non-hydrogen) atoms. The van der Waals surface area contributed by atoms with Gasteiger partial charge in [-0.1, -0.05) is 18.5 Å². The Labute approximate surface area is 88.8 Å². The van der Waals surface area contributed by atoms with Crippen molar-refractivity contribution in [3.63, 3.8) is 0 Å². The van der Waals surface area contributed by atoms with Crippen LogP contribution in [0.3, 0.4) is 0 Å². The molecule has 1 heterocycles. The molecule has 0 radical (unpaired) electrons. The second-order valence-corrected chi connectivity index (χ2v) is 4.45. The van der Waals surface area contributed by atoms with Crippen molar-refractivity contribution in [2.24, 2.45) is 5.92 Å². The normalized spacial score (nSPS) is 19.3. The van der Waals surface area contributed by atoms with Gasteiger partial charge in [-0.05, 0) is 25.2 Å². The van der Waals surface area contributed by atoms with Gasteiger partial charge in [0.15, 0.2) is 5.82 Å². The lowest BCUT2D eigenvalue weighted by Gasteiger charge is -2.23. The van der Waals surface area contributed by atoms with Gasteiger partial charge in [0.1, 0.15) is 0 Å². The molecule has 1 atom stereocenters. The average Bonchev–Trinajstić information content (AvgIpc) is 2.58. The van der Waals surface area contributed by atoms with E-state index in [9.17, 15) is 0 Å². The third-order valence-corrected chi connectivity index (χ3v) is 3.31. The van der Waals surface area contributed by atoms with E-state index in [1.54, 1.807) is 0 Å². The van der Waals surface area contributed by atoms with Gasteiger partial charge in [-0.3, -0.25) is 0 Å². The van der Waals surface area contributed by atoms with Crippen LogP contribution >= 0.6 is 11.6 Å². The SMILES string of the molecule is CCC(Cl)c1noc(CC2CCC2)n1. The molecule has 0 spiro atoms. The summed E-state index contributed by atoms with van der Waals surface area (Å²) in [5.74, 6) is 2.16. The summed E-state index contributed by atoms with van der Waals surface area (Å²) in [4.78, 5) is 4.29. The quantitative estimate of drug-likeness (QED) is 0.723. The molecular formula is C10H15ClN2O. The molecule has 1 aromatic rings. The van der Waals surface area contributed by atoms with Crippen molar-refractivity contribution in [1.29, 1.82) is 0 Å². The highest BCUT2D eigenvalue weighted by Crippen LogP contribution is 2.30. The maximum absolute atomic E-state index is 6.00. The maximum atomic E-state index is 6.00. The summed E-state index contributed by atoms with van der Waals surface area (Å²) in [6, 6.07) is 0. The first-order valence-electron chi connectivity index (χ1n) is 5.26. The Morgan fingerprint density at radius 2 is 2.36 bits per heavy atom. The van der Waals surface area contributed by atoms with Crippen molar-refractivity contribution >= 4 is 11.6 Å². The highest BCUT2D eigenvalue weighted by Gasteiger charge is 2.21. The van der Waals surface area contributed by atoms with E-state index >= 15 is 0 Å². The van der Waals surface area contributed by atoms with Crippen LogP contribution < -0.4 is 0 Å². The van der Waals surface area contributed by atoms with E-state index in [-0.39, 0.29) is 5.38 Å². The average molecular weight is 215 g/mol. The van der Waals surface area contributed by atoms with Crippen LogP contribution in [-0.4, -0.2) is 10.1 Å². The van der Waals surface area contributed by atoms with Crippen molar-refractivity contribution in [1.82, 2.24) is 10.1 Å². The van der Waals surface area contributed by atoms with E-state index in [2.05, 4.69) is 10.1 Å². The lowest BCUT2D eigenvalue weighted by atomic mass is 9.83. The minimum absolute atomic E-state index is 0.103. The first-order valence-corrected chi connectivity index (χ1v) is 5.69. The van der Waals surface area contributed by atoms with Gasteiger partial charge in [-0.2, -0.15) is 4.98 Å². The molecule has 1 unspecified atom stereocenters. The fourth-order valence-electron chi connectivity index (χ4n) is 1.60. The minimum Gasteiger partial charge on any atom is -0.339 e. The van der Waals surface area contributed by atoms with Gasteiger partial charge in [-0.15, -0.1) is 11.6 Å². The third-order valence-electron chi connectivity index (χ3n) is 2.81. The van der Waals surface area contributed by atoms with Crippen LogP contribution in [0.25, 0.3) is 0 Å². The molecule has 1 saturated carbocycles. The van der Waals surface area contributed by atoms with E-state index < -0.39 is 0 Å². The first kappa shape index (κ1) is 9.97. The lowest BCUT2D eigenvalue weighted by molar-refractivity contribution is 0.273. The predicted octanol–water partition coefficient (Wildman–Crippen LogP) is 3.10. The standard InChI is InChI=1S/C10H15ClN2O/c1-2-8(11)10-12-9(14-13-10)6-7-4-3-5-7/h7-8H,2-6H2,1H3. The number of halogens is 1. The summed E-state index contributed by atoms with van der Waals surface area (Å²) < 4.78 is 5.15. The maximum Gasteiger partial charge on any atom is 0.226 e. The molecule has 1 aliphatic rings. The van der Waals surface area contributed by atoms with E-state index in [4.69, 9.17) is 16.1 Å². The van der Waals surface area contributed by atoms with E-state index in [1.807, 2.05) is 6.92 Å². The summed E-state index contributed by atoms with van der Waals surface area (Å²) in [7, 11) is 0. The van der Waals surface area contributed by atoms with E-state index in [0.29, 0.717) is 5.82 Å². The van der Waals surface area contributed by atoms with Crippen LogP contribution in [0.5, 0.6) is 0 Å². The van der Waals surface area contributed by atoms with Crippen LogP contribution in [0.15, 0.2) is 4.52 Å². The van der Waals surface area contributed by atoms with Gasteiger partial charge >= 0.3 is 0 Å². The van der Waals surface area contributed by atoms with Crippen molar-refractivity contribution in [2.75, 3.05) is 0 Å². The number of rotatable bonds is 4. The largest absolute Gasteiger partial charge is 0.339 e. The third kappa shape index (κ3) is 2.08. The van der Waals surface area contributed by atoms with Crippen LogP contribution in [0.2, 0.25) is 0 Å². The number of hydrogen-bond donors (Lipinski definition) is 0. The Bertz CT molecular complexity index is 296. The van der Waals surface area contributed by atoms with Gasteiger partial charge in [0.2, 0.25) is 5.89 Å². The molecule has 0 aliphatic heterocycles. The Morgan fingerprint density at radius 1 is 1.57 bits per heavy atom. The van der Waals surface area contributed by atoms with Crippen molar-refractivity contribution in [3.8, 4) is 0 Å². The molecule has 1 aromatic heterocycles. The number of nitrogens with zero attached hydrogens (tertiary/aromatic N) is 2. The highest BCUT2D eigenvalue weighted by molar-refractivity contribution is 6.20. The summed E-state index contributed by atoms with van der Waals surface area (Å²) in [6.07, 6.45) is 5.72. The summed E-state index contributed by atoms with van der Waals surface area (Å²) in [6.45, 7) is 2.01. The van der Waals surface area contributed by atoms with Crippen LogP contribution in [0.1, 0.15) is 49.7 Å². The molecule has 2 rings (SSSR count). The number of aromatic nitrogens is 2. The summed E-state index contributed by atoms with van der Waals surface area (Å²) in [5, 5.41) is 3.78. The zero-order valence-electron chi connectivity index (χ0n) is 8.37. The molecule has 0 amide bonds. The highest BCUT2D eigenvalue weighted by atomic mass is 35.5. The first-order chi connectivity index (χ1) is 6.79. The fourth-order valence-corrected chi connectivity index (χ4v) is 1.69. The van der Waals surface area contributed by atoms with E-state index in [0.717, 1.165) is 24.7 Å². The molecule has 0 N–H and O–H groups in total. The number of hydrogen-bond acceptors (Lipinski definition) is 3. The Hall–Kier alpha value is -0.570. The van der Waals surface area contributed by atoms with Gasteiger partial charge in [0.25, 0.3) is 0 Å². The minimum atomic E-state index is -0.103. The Morgan fingerprint density at radius 3 is 2.93 bits per heavy atom. The smallest absolute Gasteiger partial charge is 0.226 e. The molecule has 0 bridgehead atoms. The van der Waals surface area contributed by atoms with Gasteiger partial charge < -0.3 is 4.52 Å². The number of alkyl halides is 1. The zero-order valence-corrected chi connectivity index (χ0v) is 9.13. The second-order valence-electron chi connectivity index (χ2n) is 3.92. The van der Waals surface area contributed by atoms with Crippen molar-refractivity contribution in [2.45, 2.75) is 44.4 Å². The summed E-state index contributed by atoms with van der Waals surface area (Å²) in [5.41, 5.74) is 0. The van der Waals surface area contributed by atoms with Crippen LogP contribution in [-0.2, 0) is 6.42 Å². The molecule has 1 fully saturated rings. The molecule has 0 aromatic carbocycles. The Kier molecular flexibility index (Phi) is 3.06. The van der Waals surface area contributed by atoms with Gasteiger partial charge in [0, 0.05) is 6.42 Å². The molecule has 3 nitrogen and oxygen atoms in total. The van der Waals surface area contributed by atoms with Crippen molar-refractivity contribution in [3.05, 3.63) is 11.7 Å². The van der Waals surface area contributed by atoms with Crippen molar-refractivity contribution < 1.29 is 4.52 Å². The second kappa shape index (κ2) is 4.30. The van der Waals surface area contributed by atoms with Gasteiger partial charge in [0.05, 0.1) is 5.38 Å². The monoisotopic (exact) mass is 214 g/mol. The lowest BCUT2D eigenvalue weighted by Crippen LogP contribution is -2.13. The molecule has 1 aliphatic carbocycles. The molecular weight excluding hydrogens is 200 g/mol. The summed E-state index contributed by atoms with van der Waals surface area (Å²) >= 11 is 6.00. The molecule has 78 valence electrons.